The lowest BCUT2D eigenvalue weighted by molar-refractivity contribution is -0.359. The van der Waals surface area contributed by atoms with E-state index < -0.39 is 33.3 Å². The molecule has 0 aliphatic carbocycles. The lowest BCUT2D eigenvalue weighted by Gasteiger charge is -2.43. The van der Waals surface area contributed by atoms with E-state index in [1.54, 1.807) is 0 Å². The van der Waals surface area contributed by atoms with Crippen LogP contribution < -0.4 is 10.6 Å². The van der Waals surface area contributed by atoms with Crippen LogP contribution >= 0.6 is 15.6 Å². The summed E-state index contributed by atoms with van der Waals surface area (Å²) in [5.74, 6) is -5.50. The van der Waals surface area contributed by atoms with Gasteiger partial charge in [-0.1, -0.05) is 12.2 Å². The van der Waals surface area contributed by atoms with Gasteiger partial charge in [-0.25, -0.2) is 36.3 Å². The van der Waals surface area contributed by atoms with Gasteiger partial charge < -0.3 is 0 Å². The van der Waals surface area contributed by atoms with Gasteiger partial charge in [0, 0.05) is 13.1 Å². The Labute approximate surface area is 119 Å². The molecule has 0 saturated carbocycles. The molecule has 10 nitrogen and oxygen atoms in total. The van der Waals surface area contributed by atoms with Crippen LogP contribution in [0.2, 0.25) is 0 Å². The number of phosphoric ester groups is 2. The fourth-order valence-electron chi connectivity index (χ4n) is 2.52. The van der Waals surface area contributed by atoms with E-state index in [1.807, 2.05) is 0 Å². The SMILES string of the molecule is C=CCNC12OP(=O)(O1)OC21OP2(=O)OC1(NCC=C)O2. The highest BCUT2D eigenvalue weighted by atomic mass is 31.2. The van der Waals surface area contributed by atoms with Gasteiger partial charge in [-0.2, -0.15) is 0 Å². The van der Waals surface area contributed by atoms with Crippen molar-refractivity contribution in [2.45, 2.75) is 17.6 Å². The van der Waals surface area contributed by atoms with E-state index in [2.05, 4.69) is 23.8 Å². The first-order chi connectivity index (χ1) is 9.86. The van der Waals surface area contributed by atoms with E-state index >= 15 is 0 Å². The second-order valence-electron chi connectivity index (χ2n) is 4.63. The molecule has 116 valence electrons. The molecule has 0 atom stereocenters. The van der Waals surface area contributed by atoms with Gasteiger partial charge in [0.1, 0.15) is 0 Å². The van der Waals surface area contributed by atoms with Crippen molar-refractivity contribution in [3.05, 3.63) is 25.3 Å². The van der Waals surface area contributed by atoms with Crippen LogP contribution in [0.3, 0.4) is 0 Å². The molecular formula is C9H12N2O8P2. The van der Waals surface area contributed by atoms with Gasteiger partial charge in [0.25, 0.3) is 0 Å². The maximum absolute atomic E-state index is 12.0. The Bertz CT molecular complexity index is 561. The first-order valence-corrected chi connectivity index (χ1v) is 8.95. The summed E-state index contributed by atoms with van der Waals surface area (Å²) in [5, 5.41) is 5.55. The van der Waals surface area contributed by atoms with Gasteiger partial charge in [0.05, 0.1) is 0 Å². The summed E-state index contributed by atoms with van der Waals surface area (Å²) in [5.41, 5.74) is 0. The summed E-state index contributed by atoms with van der Waals surface area (Å²) >= 11 is 0. The first-order valence-electron chi connectivity index (χ1n) is 6.03. The van der Waals surface area contributed by atoms with Gasteiger partial charge in [-0.05, 0) is 0 Å². The minimum absolute atomic E-state index is 0.219. The third-order valence-corrected chi connectivity index (χ3v) is 6.15. The van der Waals surface area contributed by atoms with Gasteiger partial charge in [0.15, 0.2) is 0 Å². The Morgan fingerprint density at radius 1 is 0.810 bits per heavy atom. The van der Waals surface area contributed by atoms with Crippen LogP contribution in [0.5, 0.6) is 0 Å². The summed E-state index contributed by atoms with van der Waals surface area (Å²) in [6.07, 6.45) is 3.04. The predicted molar refractivity (Wildman–Crippen MR) is 66.3 cm³/mol. The van der Waals surface area contributed by atoms with E-state index in [9.17, 15) is 9.13 Å². The summed E-state index contributed by atoms with van der Waals surface area (Å²) in [4.78, 5) is 0. The van der Waals surface area contributed by atoms with Crippen LogP contribution in [-0.2, 0) is 36.3 Å². The largest absolute Gasteiger partial charge is 0.485 e. The molecule has 6 aliphatic heterocycles. The number of hydrogen-bond acceptors (Lipinski definition) is 10. The Morgan fingerprint density at radius 3 is 1.52 bits per heavy atom. The molecule has 1 spiro atoms. The predicted octanol–water partition coefficient (Wildman–Crippen LogP) is 0.912. The molecule has 6 fully saturated rings. The van der Waals surface area contributed by atoms with Crippen molar-refractivity contribution in [3.8, 4) is 0 Å². The Morgan fingerprint density at radius 2 is 1.19 bits per heavy atom. The summed E-state index contributed by atoms with van der Waals surface area (Å²) in [6, 6.07) is 0. The number of phosphoric acid groups is 2. The molecule has 6 saturated heterocycles. The highest BCUT2D eigenvalue weighted by molar-refractivity contribution is 7.51. The molecule has 2 N–H and O–H groups in total. The summed E-state index contributed by atoms with van der Waals surface area (Å²) in [6.45, 7) is 7.52. The highest BCUT2D eigenvalue weighted by Crippen LogP contribution is 2.89. The Balaban J connectivity index is 1.75. The third kappa shape index (κ3) is 1.50. The lowest BCUT2D eigenvalue weighted by Crippen LogP contribution is -2.75. The maximum Gasteiger partial charge on any atom is 0.485 e. The molecule has 6 aliphatic rings. The monoisotopic (exact) mass is 338 g/mol. The lowest BCUT2D eigenvalue weighted by atomic mass is 10.1. The van der Waals surface area contributed by atoms with Crippen LogP contribution in [0.4, 0.5) is 0 Å². The number of hydrogen-bond donors (Lipinski definition) is 2. The minimum Gasteiger partial charge on any atom is -0.257 e. The summed E-state index contributed by atoms with van der Waals surface area (Å²) < 4.78 is 55.4. The Hall–Kier alpha value is -0.380. The van der Waals surface area contributed by atoms with E-state index in [0.717, 1.165) is 0 Å². The second kappa shape index (κ2) is 3.93. The van der Waals surface area contributed by atoms with Crippen molar-refractivity contribution >= 4 is 15.6 Å². The smallest absolute Gasteiger partial charge is 0.257 e. The zero-order valence-corrected chi connectivity index (χ0v) is 12.4. The summed E-state index contributed by atoms with van der Waals surface area (Å²) in [7, 11) is -7.61. The van der Waals surface area contributed by atoms with E-state index in [-0.39, 0.29) is 13.1 Å². The molecule has 12 heteroatoms. The normalized spacial score (nSPS) is 56.0. The standard InChI is InChI=1S/C9H12N2O8P2/c1-3-5-10-8-7(14-20(12,16-8)17-8)9(11-6-4-2)18-21(13,15-7)19-9/h3-4,10-11H,1-2,5-6H2. The first kappa shape index (κ1) is 14.2. The van der Waals surface area contributed by atoms with Crippen LogP contribution in [0.15, 0.2) is 25.3 Å². The van der Waals surface area contributed by atoms with Gasteiger partial charge in [0.2, 0.25) is 0 Å². The van der Waals surface area contributed by atoms with E-state index in [4.69, 9.17) is 27.1 Å². The van der Waals surface area contributed by atoms with Crippen LogP contribution in [0, 0.1) is 0 Å². The molecule has 0 aromatic heterocycles. The zero-order valence-electron chi connectivity index (χ0n) is 10.6. The van der Waals surface area contributed by atoms with Gasteiger partial charge in [-0.3, -0.25) is 10.6 Å². The molecule has 0 aromatic rings. The molecule has 0 radical (unpaired) electrons. The van der Waals surface area contributed by atoms with Crippen LogP contribution in [-0.4, -0.2) is 30.7 Å². The van der Waals surface area contributed by atoms with Crippen molar-refractivity contribution in [2.24, 2.45) is 0 Å². The van der Waals surface area contributed by atoms with Crippen molar-refractivity contribution in [3.63, 3.8) is 0 Å². The van der Waals surface area contributed by atoms with Gasteiger partial charge >= 0.3 is 33.3 Å². The molecule has 4 bridgehead atoms. The maximum atomic E-state index is 12.0. The molecule has 21 heavy (non-hydrogen) atoms. The van der Waals surface area contributed by atoms with Gasteiger partial charge in [-0.15, -0.1) is 13.2 Å². The number of nitrogens with one attached hydrogen (secondary N) is 2. The van der Waals surface area contributed by atoms with Crippen molar-refractivity contribution in [1.82, 2.24) is 10.6 Å². The molecule has 0 aromatic carbocycles. The molecule has 6 rings (SSSR count). The van der Waals surface area contributed by atoms with E-state index in [1.165, 1.54) is 12.2 Å². The van der Waals surface area contributed by atoms with E-state index in [0.29, 0.717) is 0 Å². The minimum atomic E-state index is -3.80. The van der Waals surface area contributed by atoms with Crippen LogP contribution in [0.25, 0.3) is 0 Å². The molecular weight excluding hydrogens is 326 g/mol. The zero-order chi connectivity index (χ0) is 15.0. The Kier molecular flexibility index (Phi) is 2.66. The molecule has 0 unspecified atom stereocenters. The van der Waals surface area contributed by atoms with Crippen molar-refractivity contribution in [2.75, 3.05) is 13.1 Å². The van der Waals surface area contributed by atoms with Crippen LogP contribution in [0.1, 0.15) is 0 Å². The topological polar surface area (TPSA) is 114 Å². The fraction of sp³-hybridized carbons (Fsp3) is 0.556. The van der Waals surface area contributed by atoms with Crippen molar-refractivity contribution in [1.29, 1.82) is 0 Å². The molecule has 6 heterocycles. The number of rotatable bonds is 6. The average Bonchev–Trinajstić information content (AvgIpc) is 2.92. The second-order valence-corrected chi connectivity index (χ2v) is 7.52. The highest BCUT2D eigenvalue weighted by Gasteiger charge is 2.97. The fourth-order valence-corrected chi connectivity index (χ4v) is 5.94. The third-order valence-electron chi connectivity index (χ3n) is 3.27. The van der Waals surface area contributed by atoms with Crippen molar-refractivity contribution < 1.29 is 36.3 Å². The quantitative estimate of drug-likeness (QED) is 0.535. The average molecular weight is 338 g/mol. The molecule has 0 amide bonds.